The second-order valence-corrected chi connectivity index (χ2v) is 9.57. The number of benzene rings is 1. The standard InChI is InChI=1S/C20H26N4O3S/c1-15-6-7-16(2)19(13-15)28(26,27)23-11-9-22(10-12-23)20(25)18-14-17-5-3-4-8-24(17)21-18/h6-7,13-14H,3-5,8-12H2,1-2H3. The lowest BCUT2D eigenvalue weighted by Gasteiger charge is -2.34. The molecule has 2 aromatic rings. The highest BCUT2D eigenvalue weighted by Crippen LogP contribution is 2.23. The van der Waals surface area contributed by atoms with Gasteiger partial charge in [-0.15, -0.1) is 0 Å². The fourth-order valence-electron chi connectivity index (χ4n) is 3.94. The Morgan fingerprint density at radius 1 is 1.00 bits per heavy atom. The number of sulfonamides is 1. The van der Waals surface area contributed by atoms with E-state index in [1.165, 1.54) is 4.31 Å². The lowest BCUT2D eigenvalue weighted by molar-refractivity contribution is 0.0691. The normalized spacial score (nSPS) is 18.1. The molecule has 1 aromatic heterocycles. The van der Waals surface area contributed by atoms with E-state index in [4.69, 9.17) is 0 Å². The molecule has 8 heteroatoms. The topological polar surface area (TPSA) is 75.5 Å². The van der Waals surface area contributed by atoms with Gasteiger partial charge in [0.2, 0.25) is 10.0 Å². The van der Waals surface area contributed by atoms with Gasteiger partial charge in [-0.2, -0.15) is 9.40 Å². The van der Waals surface area contributed by atoms with Crippen LogP contribution in [0.5, 0.6) is 0 Å². The van der Waals surface area contributed by atoms with E-state index in [1.54, 1.807) is 11.0 Å². The van der Waals surface area contributed by atoms with Gasteiger partial charge < -0.3 is 4.90 Å². The van der Waals surface area contributed by atoms with Crippen molar-refractivity contribution >= 4 is 15.9 Å². The molecular formula is C20H26N4O3S. The Morgan fingerprint density at radius 2 is 1.75 bits per heavy atom. The van der Waals surface area contributed by atoms with Crippen molar-refractivity contribution in [3.63, 3.8) is 0 Å². The maximum absolute atomic E-state index is 13.0. The van der Waals surface area contributed by atoms with Crippen molar-refractivity contribution in [1.82, 2.24) is 19.0 Å². The van der Waals surface area contributed by atoms with Crippen LogP contribution in [-0.4, -0.2) is 59.5 Å². The molecule has 4 rings (SSSR count). The molecule has 0 spiro atoms. The first-order chi connectivity index (χ1) is 13.4. The van der Waals surface area contributed by atoms with E-state index in [2.05, 4.69) is 5.10 Å². The largest absolute Gasteiger partial charge is 0.335 e. The lowest BCUT2D eigenvalue weighted by atomic mass is 10.1. The number of rotatable bonds is 3. The number of hydrogen-bond donors (Lipinski definition) is 0. The highest BCUT2D eigenvalue weighted by Gasteiger charge is 2.32. The Labute approximate surface area is 166 Å². The average molecular weight is 403 g/mol. The number of aromatic nitrogens is 2. The third-order valence-electron chi connectivity index (χ3n) is 5.62. The first kappa shape index (κ1) is 19.1. The minimum absolute atomic E-state index is 0.106. The van der Waals surface area contributed by atoms with Gasteiger partial charge in [0.25, 0.3) is 5.91 Å². The summed E-state index contributed by atoms with van der Waals surface area (Å²) < 4.78 is 29.5. The molecular weight excluding hydrogens is 376 g/mol. The van der Waals surface area contributed by atoms with Crippen LogP contribution in [0.4, 0.5) is 0 Å². The molecule has 7 nitrogen and oxygen atoms in total. The summed E-state index contributed by atoms with van der Waals surface area (Å²) in [5.41, 5.74) is 3.25. The second kappa shape index (κ2) is 7.33. The van der Waals surface area contributed by atoms with E-state index in [0.717, 1.165) is 42.6 Å². The first-order valence-electron chi connectivity index (χ1n) is 9.80. The van der Waals surface area contributed by atoms with Crippen molar-refractivity contribution in [3.8, 4) is 0 Å². The minimum Gasteiger partial charge on any atom is -0.335 e. The van der Waals surface area contributed by atoms with Crippen LogP contribution in [-0.2, 0) is 23.0 Å². The zero-order valence-corrected chi connectivity index (χ0v) is 17.2. The Balaban J connectivity index is 1.46. The van der Waals surface area contributed by atoms with Crippen molar-refractivity contribution in [2.24, 2.45) is 0 Å². The Morgan fingerprint density at radius 3 is 2.46 bits per heavy atom. The number of piperazine rings is 1. The van der Waals surface area contributed by atoms with Gasteiger partial charge in [0, 0.05) is 38.4 Å². The Bertz CT molecular complexity index is 981. The summed E-state index contributed by atoms with van der Waals surface area (Å²) in [6.07, 6.45) is 3.19. The van der Waals surface area contributed by atoms with Gasteiger partial charge in [-0.1, -0.05) is 12.1 Å². The molecule has 0 saturated carbocycles. The summed E-state index contributed by atoms with van der Waals surface area (Å²) in [7, 11) is -3.56. The summed E-state index contributed by atoms with van der Waals surface area (Å²) in [5.74, 6) is -0.106. The second-order valence-electron chi connectivity index (χ2n) is 7.67. The predicted octanol–water partition coefficient (Wildman–Crippen LogP) is 1.98. The quantitative estimate of drug-likeness (QED) is 0.787. The van der Waals surface area contributed by atoms with Crippen LogP contribution in [0.1, 0.15) is 40.2 Å². The van der Waals surface area contributed by atoms with Crippen molar-refractivity contribution in [2.75, 3.05) is 26.2 Å². The van der Waals surface area contributed by atoms with Gasteiger partial charge >= 0.3 is 0 Å². The van der Waals surface area contributed by atoms with E-state index in [-0.39, 0.29) is 5.91 Å². The van der Waals surface area contributed by atoms with Gasteiger partial charge in [-0.05, 0) is 56.4 Å². The van der Waals surface area contributed by atoms with Crippen molar-refractivity contribution in [3.05, 3.63) is 46.8 Å². The van der Waals surface area contributed by atoms with Gasteiger partial charge in [-0.25, -0.2) is 8.42 Å². The van der Waals surface area contributed by atoms with Crippen LogP contribution >= 0.6 is 0 Å². The molecule has 0 radical (unpaired) electrons. The van der Waals surface area contributed by atoms with E-state index in [1.807, 2.05) is 36.7 Å². The molecule has 0 aliphatic carbocycles. The minimum atomic E-state index is -3.56. The van der Waals surface area contributed by atoms with E-state index >= 15 is 0 Å². The van der Waals surface area contributed by atoms with Gasteiger partial charge in [-0.3, -0.25) is 9.48 Å². The highest BCUT2D eigenvalue weighted by molar-refractivity contribution is 7.89. The van der Waals surface area contributed by atoms with E-state index in [0.29, 0.717) is 36.8 Å². The molecule has 1 fully saturated rings. The van der Waals surface area contributed by atoms with Crippen molar-refractivity contribution < 1.29 is 13.2 Å². The van der Waals surface area contributed by atoms with Crippen molar-refractivity contribution in [2.45, 2.75) is 44.6 Å². The SMILES string of the molecule is Cc1ccc(C)c(S(=O)(=O)N2CCN(C(=O)c3cc4n(n3)CCCC4)CC2)c1. The molecule has 0 N–H and O–H groups in total. The van der Waals surface area contributed by atoms with Crippen LogP contribution in [0.3, 0.4) is 0 Å². The Hall–Kier alpha value is -2.19. The fraction of sp³-hybridized carbons (Fsp3) is 0.500. The van der Waals surface area contributed by atoms with Crippen molar-refractivity contribution in [1.29, 1.82) is 0 Å². The predicted molar refractivity (Wildman–Crippen MR) is 106 cm³/mol. The third kappa shape index (κ3) is 3.46. The first-order valence-corrected chi connectivity index (χ1v) is 11.2. The van der Waals surface area contributed by atoms with Gasteiger partial charge in [0.15, 0.2) is 5.69 Å². The maximum atomic E-state index is 13.0. The number of fused-ring (bicyclic) bond motifs is 1. The van der Waals surface area contributed by atoms with E-state index in [9.17, 15) is 13.2 Å². The van der Waals surface area contributed by atoms with E-state index < -0.39 is 10.0 Å². The molecule has 150 valence electrons. The van der Waals surface area contributed by atoms with Crippen LogP contribution in [0.25, 0.3) is 0 Å². The lowest BCUT2D eigenvalue weighted by Crippen LogP contribution is -2.50. The third-order valence-corrected chi connectivity index (χ3v) is 7.66. The summed E-state index contributed by atoms with van der Waals surface area (Å²) in [6, 6.07) is 7.36. The molecule has 0 atom stereocenters. The van der Waals surface area contributed by atoms with Crippen LogP contribution < -0.4 is 0 Å². The summed E-state index contributed by atoms with van der Waals surface area (Å²) >= 11 is 0. The summed E-state index contributed by atoms with van der Waals surface area (Å²) in [5, 5.41) is 4.46. The number of carbonyl (C=O) groups is 1. The number of carbonyl (C=O) groups excluding carboxylic acids is 1. The molecule has 0 bridgehead atoms. The van der Waals surface area contributed by atoms with Gasteiger partial charge in [0.1, 0.15) is 0 Å². The molecule has 2 aliphatic heterocycles. The average Bonchev–Trinajstić information content (AvgIpc) is 3.13. The molecule has 28 heavy (non-hydrogen) atoms. The van der Waals surface area contributed by atoms with Crippen LogP contribution in [0.15, 0.2) is 29.2 Å². The smallest absolute Gasteiger partial charge is 0.274 e. The molecule has 0 unspecified atom stereocenters. The number of aryl methyl sites for hydroxylation is 4. The number of amides is 1. The fourth-order valence-corrected chi connectivity index (χ4v) is 5.67. The molecule has 3 heterocycles. The molecule has 1 aromatic carbocycles. The molecule has 1 amide bonds. The zero-order valence-electron chi connectivity index (χ0n) is 16.4. The summed E-state index contributed by atoms with van der Waals surface area (Å²) in [4.78, 5) is 14.9. The molecule has 2 aliphatic rings. The molecule has 1 saturated heterocycles. The van der Waals surface area contributed by atoms with Gasteiger partial charge in [0.05, 0.1) is 4.90 Å². The Kier molecular flexibility index (Phi) is 5.01. The highest BCUT2D eigenvalue weighted by atomic mass is 32.2. The summed E-state index contributed by atoms with van der Waals surface area (Å²) in [6.45, 7) is 5.93. The van der Waals surface area contributed by atoms with Crippen LogP contribution in [0.2, 0.25) is 0 Å². The zero-order chi connectivity index (χ0) is 19.9. The number of nitrogens with zero attached hydrogens (tertiary/aromatic N) is 4. The number of hydrogen-bond acceptors (Lipinski definition) is 4. The maximum Gasteiger partial charge on any atom is 0.274 e. The van der Waals surface area contributed by atoms with Crippen LogP contribution in [0, 0.1) is 13.8 Å². The monoisotopic (exact) mass is 402 g/mol.